The molecular formula is C25H19N5O4S. The van der Waals surface area contributed by atoms with Gasteiger partial charge in [-0.25, -0.2) is 0 Å². The lowest BCUT2D eigenvalue weighted by atomic mass is 10.0. The predicted molar refractivity (Wildman–Crippen MR) is 133 cm³/mol. The van der Waals surface area contributed by atoms with Gasteiger partial charge >= 0.3 is 0 Å². The molecule has 174 valence electrons. The van der Waals surface area contributed by atoms with E-state index in [0.29, 0.717) is 22.3 Å². The molecule has 4 aromatic rings. The summed E-state index contributed by atoms with van der Waals surface area (Å²) in [6.45, 7) is 0.178. The second-order valence-electron chi connectivity index (χ2n) is 8.11. The van der Waals surface area contributed by atoms with Gasteiger partial charge in [0.05, 0.1) is 22.3 Å². The molecule has 1 saturated heterocycles. The molecule has 0 amide bonds. The van der Waals surface area contributed by atoms with Crippen LogP contribution in [0.2, 0.25) is 0 Å². The Bertz CT molecular complexity index is 1440. The first-order valence-electron chi connectivity index (χ1n) is 10.9. The third-order valence-corrected chi connectivity index (χ3v) is 6.45. The summed E-state index contributed by atoms with van der Waals surface area (Å²) in [5, 5.41) is 15.4. The molecule has 0 unspecified atom stereocenters. The highest BCUT2D eigenvalue weighted by atomic mass is 32.1. The first kappa shape index (κ1) is 21.1. The quantitative estimate of drug-likeness (QED) is 0.247. The molecule has 1 fully saturated rings. The summed E-state index contributed by atoms with van der Waals surface area (Å²) in [6, 6.07) is 21.4. The number of benzene rings is 2. The lowest BCUT2D eigenvalue weighted by Crippen LogP contribution is -2.30. The van der Waals surface area contributed by atoms with Crippen molar-refractivity contribution in [2.45, 2.75) is 12.1 Å². The number of nitro groups is 1. The van der Waals surface area contributed by atoms with E-state index in [1.54, 1.807) is 18.3 Å². The van der Waals surface area contributed by atoms with Crippen LogP contribution in [-0.4, -0.2) is 26.4 Å². The van der Waals surface area contributed by atoms with Gasteiger partial charge in [0.2, 0.25) is 6.79 Å². The lowest BCUT2D eigenvalue weighted by molar-refractivity contribution is -0.384. The van der Waals surface area contributed by atoms with Crippen LogP contribution in [0.1, 0.15) is 23.5 Å². The highest BCUT2D eigenvalue weighted by molar-refractivity contribution is 7.80. The SMILES string of the molecule is O=[N+]([O-])c1cccc(-n2cccc2[C@@H]2[C@H](c3ccccn3)NC(=S)N2c2ccc3c(c2)OCO3)c1. The van der Waals surface area contributed by atoms with Gasteiger partial charge in [-0.2, -0.15) is 0 Å². The molecule has 10 heteroatoms. The van der Waals surface area contributed by atoms with Gasteiger partial charge in [0.15, 0.2) is 16.6 Å². The van der Waals surface area contributed by atoms with Crippen LogP contribution in [0.3, 0.4) is 0 Å². The van der Waals surface area contributed by atoms with Crippen LogP contribution in [0.15, 0.2) is 85.2 Å². The van der Waals surface area contributed by atoms with Crippen molar-refractivity contribution >= 4 is 28.7 Å². The van der Waals surface area contributed by atoms with E-state index in [2.05, 4.69) is 10.3 Å². The molecule has 0 radical (unpaired) electrons. The number of ether oxygens (including phenoxy) is 2. The zero-order valence-corrected chi connectivity index (χ0v) is 19.1. The topological polar surface area (TPSA) is 94.7 Å². The summed E-state index contributed by atoms with van der Waals surface area (Å²) in [6.07, 6.45) is 3.64. The summed E-state index contributed by atoms with van der Waals surface area (Å²) in [7, 11) is 0. The van der Waals surface area contributed by atoms with Gasteiger partial charge in [-0.05, 0) is 54.7 Å². The maximum absolute atomic E-state index is 11.4. The maximum Gasteiger partial charge on any atom is 0.271 e. The van der Waals surface area contributed by atoms with Crippen LogP contribution in [0.4, 0.5) is 11.4 Å². The predicted octanol–water partition coefficient (Wildman–Crippen LogP) is 4.69. The Morgan fingerprint density at radius 2 is 1.89 bits per heavy atom. The Morgan fingerprint density at radius 1 is 1.00 bits per heavy atom. The Hall–Kier alpha value is -4.44. The average molecular weight is 486 g/mol. The summed E-state index contributed by atoms with van der Waals surface area (Å²) in [5.74, 6) is 1.34. The van der Waals surface area contributed by atoms with Gasteiger partial charge in [0, 0.05) is 42.0 Å². The average Bonchev–Trinajstić information content (AvgIpc) is 3.62. The number of non-ortho nitro benzene ring substituents is 1. The van der Waals surface area contributed by atoms with Crippen molar-refractivity contribution in [1.29, 1.82) is 0 Å². The van der Waals surface area contributed by atoms with E-state index in [9.17, 15) is 10.1 Å². The third kappa shape index (κ3) is 3.64. The number of anilines is 1. The summed E-state index contributed by atoms with van der Waals surface area (Å²) < 4.78 is 13.0. The van der Waals surface area contributed by atoms with E-state index in [1.165, 1.54) is 6.07 Å². The highest BCUT2D eigenvalue weighted by Crippen LogP contribution is 2.45. The number of rotatable bonds is 5. The number of nitrogens with zero attached hydrogens (tertiary/aromatic N) is 4. The number of aromatic nitrogens is 2. The number of fused-ring (bicyclic) bond motifs is 1. The molecule has 0 spiro atoms. The maximum atomic E-state index is 11.4. The standard InChI is InChI=1S/C25H19N5O4S/c31-30(32)18-6-3-5-16(13-18)28-12-4-8-20(28)24-23(19-7-1-2-11-26-19)27-25(35)29(24)17-9-10-21-22(14-17)34-15-33-21/h1-14,23-24H,15H2,(H,27,35)/t23-,24+/m0/s1. The van der Waals surface area contributed by atoms with Crippen molar-refractivity contribution in [2.24, 2.45) is 0 Å². The monoisotopic (exact) mass is 485 g/mol. The minimum absolute atomic E-state index is 0.0242. The van der Waals surface area contributed by atoms with Crippen LogP contribution in [0.5, 0.6) is 11.5 Å². The first-order valence-corrected chi connectivity index (χ1v) is 11.3. The number of pyridine rings is 1. The Labute approximate surface area is 205 Å². The van der Waals surface area contributed by atoms with Gasteiger partial charge in [-0.1, -0.05) is 12.1 Å². The highest BCUT2D eigenvalue weighted by Gasteiger charge is 2.42. The largest absolute Gasteiger partial charge is 0.454 e. The number of nitrogens with one attached hydrogen (secondary N) is 1. The van der Waals surface area contributed by atoms with E-state index in [1.807, 2.05) is 70.3 Å². The summed E-state index contributed by atoms with van der Waals surface area (Å²) in [5.41, 5.74) is 3.27. The Balaban J connectivity index is 1.50. The molecule has 2 aromatic carbocycles. The smallest absolute Gasteiger partial charge is 0.271 e. The van der Waals surface area contributed by atoms with Crippen LogP contribution in [-0.2, 0) is 0 Å². The number of thiocarbonyl (C=S) groups is 1. The van der Waals surface area contributed by atoms with Gasteiger partial charge in [-0.15, -0.1) is 0 Å². The molecule has 35 heavy (non-hydrogen) atoms. The van der Waals surface area contributed by atoms with Gasteiger partial charge in [0.1, 0.15) is 6.04 Å². The molecule has 2 aliphatic heterocycles. The number of nitro benzene ring substituents is 1. The van der Waals surface area contributed by atoms with Crippen molar-refractivity contribution in [3.8, 4) is 17.2 Å². The first-order chi connectivity index (χ1) is 17.1. The van der Waals surface area contributed by atoms with Crippen molar-refractivity contribution in [2.75, 3.05) is 11.7 Å². The van der Waals surface area contributed by atoms with Crippen molar-refractivity contribution < 1.29 is 14.4 Å². The zero-order valence-electron chi connectivity index (χ0n) is 18.3. The number of hydrogen-bond donors (Lipinski definition) is 1. The van der Waals surface area contributed by atoms with Crippen LogP contribution < -0.4 is 19.7 Å². The van der Waals surface area contributed by atoms with Crippen molar-refractivity contribution in [3.05, 3.63) is 107 Å². The Kier molecular flexibility index (Phi) is 5.07. The molecule has 0 saturated carbocycles. The summed E-state index contributed by atoms with van der Waals surface area (Å²) >= 11 is 5.81. The molecule has 0 aliphatic carbocycles. The normalized spacial score (nSPS) is 18.5. The second-order valence-corrected chi connectivity index (χ2v) is 8.50. The molecule has 4 heterocycles. The molecule has 9 nitrogen and oxygen atoms in total. The molecule has 1 N–H and O–H groups in total. The molecule has 2 aromatic heterocycles. The van der Waals surface area contributed by atoms with Gasteiger partial charge in [0.25, 0.3) is 5.69 Å². The lowest BCUT2D eigenvalue weighted by Gasteiger charge is -2.29. The van der Waals surface area contributed by atoms with E-state index >= 15 is 0 Å². The molecule has 2 aliphatic rings. The van der Waals surface area contributed by atoms with Gasteiger partial charge < -0.3 is 24.3 Å². The molecule has 6 rings (SSSR count). The fourth-order valence-corrected chi connectivity index (χ4v) is 4.94. The van der Waals surface area contributed by atoms with Crippen LogP contribution in [0.25, 0.3) is 5.69 Å². The fourth-order valence-electron chi connectivity index (χ4n) is 4.60. The molecular weight excluding hydrogens is 466 g/mol. The van der Waals surface area contributed by atoms with Crippen LogP contribution >= 0.6 is 12.2 Å². The van der Waals surface area contributed by atoms with Crippen LogP contribution in [0, 0.1) is 10.1 Å². The van der Waals surface area contributed by atoms with E-state index in [-0.39, 0.29) is 24.6 Å². The van der Waals surface area contributed by atoms with Crippen molar-refractivity contribution in [1.82, 2.24) is 14.9 Å². The van der Waals surface area contributed by atoms with Crippen molar-refractivity contribution in [3.63, 3.8) is 0 Å². The Morgan fingerprint density at radius 3 is 2.71 bits per heavy atom. The van der Waals surface area contributed by atoms with E-state index in [4.69, 9.17) is 21.7 Å². The molecule has 2 atom stereocenters. The number of hydrogen-bond acceptors (Lipinski definition) is 6. The zero-order chi connectivity index (χ0) is 23.9. The van der Waals surface area contributed by atoms with Gasteiger partial charge in [-0.3, -0.25) is 15.1 Å². The third-order valence-electron chi connectivity index (χ3n) is 6.13. The van der Waals surface area contributed by atoms with E-state index < -0.39 is 4.92 Å². The molecule has 0 bridgehead atoms. The minimum Gasteiger partial charge on any atom is -0.454 e. The second kappa shape index (κ2) is 8.41. The van der Waals surface area contributed by atoms with E-state index in [0.717, 1.165) is 17.1 Å². The minimum atomic E-state index is -0.394. The fraction of sp³-hybridized carbons (Fsp3) is 0.120. The summed E-state index contributed by atoms with van der Waals surface area (Å²) in [4.78, 5) is 17.6.